The Kier molecular flexibility index (Phi) is 3.22. The van der Waals surface area contributed by atoms with Gasteiger partial charge in [-0.3, -0.25) is 0 Å². The molecule has 16 heavy (non-hydrogen) atoms. The van der Waals surface area contributed by atoms with Gasteiger partial charge in [0, 0.05) is 4.91 Å². The van der Waals surface area contributed by atoms with E-state index in [-0.39, 0.29) is 0 Å². The van der Waals surface area contributed by atoms with E-state index in [1.54, 1.807) is 0 Å². The second kappa shape index (κ2) is 5.01. The Balaban J connectivity index is 2.43. The Morgan fingerprint density at radius 3 is 1.62 bits per heavy atom. The first-order valence-electron chi connectivity index (χ1n) is 4.94. The van der Waals surface area contributed by atoms with Crippen LogP contribution in [-0.4, -0.2) is 0 Å². The molecule has 1 radical (unpaired) electrons. The first-order valence-corrected chi connectivity index (χ1v) is 4.94. The van der Waals surface area contributed by atoms with Gasteiger partial charge in [0.15, 0.2) is 0 Å². The van der Waals surface area contributed by atoms with Crippen molar-refractivity contribution in [2.45, 2.75) is 0 Å². The second-order valence-corrected chi connectivity index (χ2v) is 3.27. The summed E-state index contributed by atoms with van der Waals surface area (Å²) in [4.78, 5) is 2.88. The van der Waals surface area contributed by atoms with E-state index in [1.165, 1.54) is 0 Å². The smallest absolute Gasteiger partial charge is 0.0763 e. The largest absolute Gasteiger partial charge is 0.118 e. The molecular formula is C13H10N3. The Morgan fingerprint density at radius 1 is 0.812 bits per heavy atom. The molecule has 0 aliphatic carbocycles. The number of rotatable bonds is 3. The molecule has 0 unspecified atom stereocenters. The molecule has 3 heteroatoms. The third-order valence-electron chi connectivity index (χ3n) is 2.24. The highest BCUT2D eigenvalue weighted by Crippen LogP contribution is 2.24. The van der Waals surface area contributed by atoms with Crippen LogP contribution in [0, 0.1) is 6.04 Å². The Morgan fingerprint density at radius 2 is 1.25 bits per heavy atom. The lowest BCUT2D eigenvalue weighted by Gasteiger charge is -2.10. The van der Waals surface area contributed by atoms with Crippen molar-refractivity contribution in [3.05, 3.63) is 88.3 Å². The SMILES string of the molecule is [N-]=[N+]=N[C](c1ccccc1)c1ccccc1. The highest BCUT2D eigenvalue weighted by Gasteiger charge is 2.11. The molecule has 3 nitrogen and oxygen atoms in total. The summed E-state index contributed by atoms with van der Waals surface area (Å²) in [5, 5.41) is 3.76. The fourth-order valence-electron chi connectivity index (χ4n) is 1.52. The molecule has 2 aromatic carbocycles. The molecule has 2 rings (SSSR count). The van der Waals surface area contributed by atoms with Crippen LogP contribution >= 0.6 is 0 Å². The average Bonchev–Trinajstić information content (AvgIpc) is 2.38. The fraction of sp³-hybridized carbons (Fsp3) is 0. The van der Waals surface area contributed by atoms with Crippen molar-refractivity contribution in [3.8, 4) is 0 Å². The average molecular weight is 208 g/mol. The van der Waals surface area contributed by atoms with Gasteiger partial charge in [0.2, 0.25) is 0 Å². The summed E-state index contributed by atoms with van der Waals surface area (Å²) in [5.74, 6) is 0. The Bertz CT molecular complexity index is 448. The number of hydrogen-bond donors (Lipinski definition) is 0. The maximum atomic E-state index is 8.60. The van der Waals surface area contributed by atoms with Gasteiger partial charge in [-0.2, -0.15) is 0 Å². The molecule has 0 aliphatic rings. The zero-order chi connectivity index (χ0) is 11.2. The topological polar surface area (TPSA) is 48.8 Å². The Hall–Kier alpha value is -2.25. The summed E-state index contributed by atoms with van der Waals surface area (Å²) in [7, 11) is 0. The highest BCUT2D eigenvalue weighted by atomic mass is 15.1. The van der Waals surface area contributed by atoms with Gasteiger partial charge in [0.25, 0.3) is 0 Å². The van der Waals surface area contributed by atoms with Gasteiger partial charge >= 0.3 is 0 Å². The minimum atomic E-state index is 0.656. The van der Waals surface area contributed by atoms with Crippen LogP contribution in [0.4, 0.5) is 0 Å². The van der Waals surface area contributed by atoms with Gasteiger partial charge < -0.3 is 0 Å². The Labute approximate surface area is 94.0 Å². The first kappa shape index (κ1) is 10.3. The van der Waals surface area contributed by atoms with Crippen molar-refractivity contribution < 1.29 is 0 Å². The van der Waals surface area contributed by atoms with E-state index < -0.39 is 0 Å². The van der Waals surface area contributed by atoms with Crippen molar-refractivity contribution in [3.63, 3.8) is 0 Å². The van der Waals surface area contributed by atoms with E-state index in [1.807, 2.05) is 60.7 Å². The molecule has 0 N–H and O–H groups in total. The molecule has 0 atom stereocenters. The maximum Gasteiger partial charge on any atom is 0.118 e. The van der Waals surface area contributed by atoms with Crippen LogP contribution in [0.15, 0.2) is 65.8 Å². The van der Waals surface area contributed by atoms with Crippen LogP contribution in [0.25, 0.3) is 10.4 Å². The van der Waals surface area contributed by atoms with Crippen molar-refractivity contribution in [2.75, 3.05) is 0 Å². The summed E-state index contributed by atoms with van der Waals surface area (Å²) in [6.45, 7) is 0. The molecule has 77 valence electrons. The van der Waals surface area contributed by atoms with Crippen LogP contribution in [0.3, 0.4) is 0 Å². The molecule has 0 amide bonds. The maximum absolute atomic E-state index is 8.60. The lowest BCUT2D eigenvalue weighted by molar-refractivity contribution is 1.11. The van der Waals surface area contributed by atoms with E-state index in [0.29, 0.717) is 6.04 Å². The van der Waals surface area contributed by atoms with Gasteiger partial charge in [-0.1, -0.05) is 65.8 Å². The third kappa shape index (κ3) is 2.22. The molecule has 0 spiro atoms. The molecule has 0 fully saturated rings. The van der Waals surface area contributed by atoms with E-state index in [4.69, 9.17) is 5.53 Å². The normalized spacial score (nSPS) is 9.81. The summed E-state index contributed by atoms with van der Waals surface area (Å²) < 4.78 is 0. The van der Waals surface area contributed by atoms with E-state index >= 15 is 0 Å². The van der Waals surface area contributed by atoms with Gasteiger partial charge in [-0.05, 0) is 16.7 Å². The van der Waals surface area contributed by atoms with E-state index in [2.05, 4.69) is 10.0 Å². The molecule has 0 aliphatic heterocycles. The van der Waals surface area contributed by atoms with Crippen molar-refractivity contribution in [2.24, 2.45) is 5.11 Å². The summed E-state index contributed by atoms with van der Waals surface area (Å²) in [6, 6.07) is 19.9. The molecule has 0 heterocycles. The molecule has 0 bridgehead atoms. The number of azide groups is 1. The van der Waals surface area contributed by atoms with E-state index in [9.17, 15) is 0 Å². The zero-order valence-corrected chi connectivity index (χ0v) is 8.62. The molecule has 0 saturated heterocycles. The van der Waals surface area contributed by atoms with Crippen LogP contribution in [0.1, 0.15) is 11.1 Å². The lowest BCUT2D eigenvalue weighted by atomic mass is 10.00. The molecule has 2 aromatic rings. The van der Waals surface area contributed by atoms with Crippen LogP contribution in [0.2, 0.25) is 0 Å². The molecule has 0 saturated carbocycles. The van der Waals surface area contributed by atoms with Crippen LogP contribution < -0.4 is 0 Å². The van der Waals surface area contributed by atoms with Gasteiger partial charge in [0.1, 0.15) is 6.04 Å². The summed E-state index contributed by atoms with van der Waals surface area (Å²) >= 11 is 0. The van der Waals surface area contributed by atoms with Gasteiger partial charge in [-0.15, -0.1) is 0 Å². The van der Waals surface area contributed by atoms with Gasteiger partial charge in [0.05, 0.1) is 0 Å². The monoisotopic (exact) mass is 208 g/mol. The minimum absolute atomic E-state index is 0.656. The predicted octanol–water partition coefficient (Wildman–Crippen LogP) is 3.93. The van der Waals surface area contributed by atoms with Crippen molar-refractivity contribution in [1.29, 1.82) is 0 Å². The number of nitrogens with zero attached hydrogens (tertiary/aromatic N) is 3. The summed E-state index contributed by atoms with van der Waals surface area (Å²) in [5.41, 5.74) is 10.4. The van der Waals surface area contributed by atoms with Crippen molar-refractivity contribution >= 4 is 0 Å². The minimum Gasteiger partial charge on any atom is -0.0763 e. The molecule has 0 aromatic heterocycles. The third-order valence-corrected chi connectivity index (χ3v) is 2.24. The first-order chi connectivity index (χ1) is 7.92. The van der Waals surface area contributed by atoms with Crippen LogP contribution in [0.5, 0.6) is 0 Å². The van der Waals surface area contributed by atoms with Gasteiger partial charge in [-0.25, -0.2) is 0 Å². The fourth-order valence-corrected chi connectivity index (χ4v) is 1.52. The van der Waals surface area contributed by atoms with Crippen molar-refractivity contribution in [1.82, 2.24) is 0 Å². The summed E-state index contributed by atoms with van der Waals surface area (Å²) in [6.07, 6.45) is 0. The zero-order valence-electron chi connectivity index (χ0n) is 8.62. The van der Waals surface area contributed by atoms with E-state index in [0.717, 1.165) is 11.1 Å². The number of benzene rings is 2. The van der Waals surface area contributed by atoms with Crippen LogP contribution in [-0.2, 0) is 0 Å². The lowest BCUT2D eigenvalue weighted by Crippen LogP contribution is -1.97. The quantitative estimate of drug-likeness (QED) is 0.417. The second-order valence-electron chi connectivity index (χ2n) is 3.27. The predicted molar refractivity (Wildman–Crippen MR) is 63.5 cm³/mol. The standard InChI is InChI=1S/C13H10N3/c14-16-15-13(11-7-3-1-4-8-11)12-9-5-2-6-10-12/h1-10H. The highest BCUT2D eigenvalue weighted by molar-refractivity contribution is 5.44. The molecular weight excluding hydrogens is 198 g/mol. The number of hydrogen-bond acceptors (Lipinski definition) is 1.